The molecule has 2 aromatic rings. The number of fused-ring (bicyclic) bond motifs is 2. The first-order chi connectivity index (χ1) is 13.7. The average Bonchev–Trinajstić information content (AvgIpc) is 3.36. The van der Waals surface area contributed by atoms with E-state index in [9.17, 15) is 9.59 Å². The highest BCUT2D eigenvalue weighted by Gasteiger charge is 2.40. The van der Waals surface area contributed by atoms with Gasteiger partial charge in [-0.25, -0.2) is 0 Å². The van der Waals surface area contributed by atoms with Gasteiger partial charge in [0.15, 0.2) is 11.5 Å². The first-order valence-corrected chi connectivity index (χ1v) is 9.48. The first-order valence-electron chi connectivity index (χ1n) is 9.48. The van der Waals surface area contributed by atoms with E-state index in [2.05, 4.69) is 15.4 Å². The van der Waals surface area contributed by atoms with Crippen molar-refractivity contribution < 1.29 is 18.8 Å². The van der Waals surface area contributed by atoms with E-state index in [-0.39, 0.29) is 36.2 Å². The van der Waals surface area contributed by atoms with Crippen molar-refractivity contribution in [3.8, 4) is 0 Å². The number of amides is 2. The third kappa shape index (κ3) is 3.79. The Kier molecular flexibility index (Phi) is 5.40. The summed E-state index contributed by atoms with van der Waals surface area (Å²) >= 11 is 0. The number of rotatable bonds is 6. The number of ether oxygens (including phenoxy) is 1. The molecule has 2 bridgehead atoms. The molecule has 0 radical (unpaired) electrons. The second-order valence-corrected chi connectivity index (χ2v) is 7.24. The number of carbonyl (C=O) groups excluding carboxylic acids is 2. The number of hydrogen-bond donors (Lipinski definition) is 1. The zero-order valence-electron chi connectivity index (χ0n) is 15.8. The van der Waals surface area contributed by atoms with Crippen molar-refractivity contribution in [2.24, 2.45) is 0 Å². The quantitative estimate of drug-likeness (QED) is 0.804. The van der Waals surface area contributed by atoms with E-state index in [1.54, 1.807) is 13.2 Å². The summed E-state index contributed by atoms with van der Waals surface area (Å²) in [7, 11) is 1.55. The number of nitrogens with zero attached hydrogens (tertiary/aromatic N) is 3. The lowest BCUT2D eigenvalue weighted by atomic mass is 10.1. The molecule has 3 heterocycles. The van der Waals surface area contributed by atoms with Crippen molar-refractivity contribution in [1.29, 1.82) is 0 Å². The molecule has 1 unspecified atom stereocenters. The van der Waals surface area contributed by atoms with Gasteiger partial charge in [-0.3, -0.25) is 14.5 Å². The van der Waals surface area contributed by atoms with Crippen molar-refractivity contribution in [2.45, 2.75) is 25.1 Å². The molecule has 0 spiro atoms. The topological polar surface area (TPSA) is 87.9 Å². The van der Waals surface area contributed by atoms with E-state index in [0.29, 0.717) is 24.4 Å². The van der Waals surface area contributed by atoms with Crippen LogP contribution in [0.5, 0.6) is 0 Å². The van der Waals surface area contributed by atoms with Gasteiger partial charge >= 0.3 is 0 Å². The highest BCUT2D eigenvalue weighted by atomic mass is 16.5. The van der Waals surface area contributed by atoms with Crippen molar-refractivity contribution in [3.63, 3.8) is 0 Å². The Balaban J connectivity index is 1.39. The van der Waals surface area contributed by atoms with Crippen LogP contribution in [0.3, 0.4) is 0 Å². The van der Waals surface area contributed by atoms with Crippen LogP contribution in [0.2, 0.25) is 0 Å². The maximum atomic E-state index is 12.9. The van der Waals surface area contributed by atoms with Gasteiger partial charge in [-0.05, 0) is 18.6 Å². The summed E-state index contributed by atoms with van der Waals surface area (Å²) in [5.74, 6) is 0.282. The number of aromatic nitrogens is 1. The fraction of sp³-hybridized carbons (Fsp3) is 0.450. The molecule has 3 atom stereocenters. The minimum absolute atomic E-state index is 0.0594. The van der Waals surface area contributed by atoms with E-state index in [1.165, 1.54) is 0 Å². The molecule has 28 heavy (non-hydrogen) atoms. The maximum absolute atomic E-state index is 12.9. The molecule has 2 aliphatic rings. The summed E-state index contributed by atoms with van der Waals surface area (Å²) in [4.78, 5) is 29.6. The highest BCUT2D eigenvalue weighted by molar-refractivity contribution is 5.94. The van der Waals surface area contributed by atoms with Crippen LogP contribution < -0.4 is 5.32 Å². The van der Waals surface area contributed by atoms with E-state index >= 15 is 0 Å². The Hall–Kier alpha value is -2.71. The van der Waals surface area contributed by atoms with Crippen LogP contribution in [-0.4, -0.2) is 72.1 Å². The zero-order chi connectivity index (χ0) is 19.5. The van der Waals surface area contributed by atoms with Gasteiger partial charge in [0.05, 0.1) is 0 Å². The van der Waals surface area contributed by atoms with Crippen LogP contribution in [0.15, 0.2) is 40.9 Å². The van der Waals surface area contributed by atoms with E-state index in [1.807, 2.05) is 35.2 Å². The summed E-state index contributed by atoms with van der Waals surface area (Å²) in [5, 5.41) is 6.71. The molecule has 2 aliphatic heterocycles. The predicted molar refractivity (Wildman–Crippen MR) is 101 cm³/mol. The summed E-state index contributed by atoms with van der Waals surface area (Å²) in [6.45, 7) is 3.12. The fourth-order valence-corrected chi connectivity index (χ4v) is 3.97. The molecule has 2 saturated heterocycles. The second-order valence-electron chi connectivity index (χ2n) is 7.24. The van der Waals surface area contributed by atoms with Crippen molar-refractivity contribution in [3.05, 3.63) is 53.4 Å². The smallest absolute Gasteiger partial charge is 0.273 e. The number of hydrogen-bond acceptors (Lipinski definition) is 6. The Morgan fingerprint density at radius 2 is 2.11 bits per heavy atom. The minimum Gasteiger partial charge on any atom is -0.377 e. The lowest BCUT2D eigenvalue weighted by Crippen LogP contribution is -2.57. The Bertz CT molecular complexity index is 838. The van der Waals surface area contributed by atoms with Crippen LogP contribution in [0, 0.1) is 0 Å². The van der Waals surface area contributed by atoms with Gasteiger partial charge in [-0.15, -0.1) is 0 Å². The molecule has 8 heteroatoms. The van der Waals surface area contributed by atoms with Gasteiger partial charge in [0.2, 0.25) is 0 Å². The van der Waals surface area contributed by atoms with E-state index in [4.69, 9.17) is 9.26 Å². The summed E-state index contributed by atoms with van der Waals surface area (Å²) in [6.07, 6.45) is 0.965. The fourth-order valence-electron chi connectivity index (χ4n) is 3.97. The van der Waals surface area contributed by atoms with Crippen LogP contribution in [0.4, 0.5) is 0 Å². The molecule has 8 nitrogen and oxygen atoms in total. The molecule has 1 aromatic heterocycles. The van der Waals surface area contributed by atoms with E-state index in [0.717, 1.165) is 19.5 Å². The van der Waals surface area contributed by atoms with Gasteiger partial charge in [0, 0.05) is 57.0 Å². The molecule has 0 aliphatic carbocycles. The molecule has 148 valence electrons. The standard InChI is InChI=1S/C20H24N4O4/c1-27-13-17-9-18(22-28-17)19(25)21-10-16-12-24(15-7-8-23(16)11-15)20(26)14-5-3-2-4-6-14/h2-6,9,15-16H,7-8,10-13H2,1H3,(H,21,25)/t15-,16+/m0/s1. The summed E-state index contributed by atoms with van der Waals surface area (Å²) in [6, 6.07) is 11.3. The van der Waals surface area contributed by atoms with Gasteiger partial charge in [0.1, 0.15) is 6.61 Å². The van der Waals surface area contributed by atoms with Gasteiger partial charge in [-0.1, -0.05) is 23.4 Å². The predicted octanol–water partition coefficient (Wildman–Crippen LogP) is 1.15. The van der Waals surface area contributed by atoms with Crippen LogP contribution >= 0.6 is 0 Å². The molecular formula is C20H24N4O4. The van der Waals surface area contributed by atoms with Crippen molar-refractivity contribution in [1.82, 2.24) is 20.3 Å². The maximum Gasteiger partial charge on any atom is 0.273 e. The van der Waals surface area contributed by atoms with Crippen LogP contribution in [0.1, 0.15) is 33.0 Å². The largest absolute Gasteiger partial charge is 0.377 e. The molecule has 4 rings (SSSR count). The number of piperazine rings is 1. The molecule has 1 aromatic carbocycles. The van der Waals surface area contributed by atoms with Gasteiger partial charge in [-0.2, -0.15) is 0 Å². The van der Waals surface area contributed by atoms with E-state index < -0.39 is 0 Å². The van der Waals surface area contributed by atoms with Gasteiger partial charge in [0.25, 0.3) is 11.8 Å². The lowest BCUT2D eigenvalue weighted by molar-refractivity contribution is 0.0493. The number of methoxy groups -OCH3 is 1. The number of carbonyl (C=O) groups is 2. The Morgan fingerprint density at radius 1 is 1.29 bits per heavy atom. The third-order valence-corrected chi connectivity index (χ3v) is 5.42. The minimum atomic E-state index is -0.284. The summed E-state index contributed by atoms with van der Waals surface area (Å²) < 4.78 is 10.0. The first kappa shape index (κ1) is 18.6. The number of benzene rings is 1. The SMILES string of the molecule is COCc1cc(C(=O)NC[C@@H]2CN(C(=O)c3ccccc3)[C@H]3CCN2C3)no1. The normalized spacial score (nSPS) is 23.6. The molecule has 2 amide bonds. The van der Waals surface area contributed by atoms with Crippen molar-refractivity contribution >= 4 is 11.8 Å². The lowest BCUT2D eigenvalue weighted by Gasteiger charge is -2.40. The monoisotopic (exact) mass is 384 g/mol. The second kappa shape index (κ2) is 8.12. The Labute approximate surface area is 163 Å². The molecule has 1 N–H and O–H groups in total. The molecule has 0 saturated carbocycles. The molecule has 2 fully saturated rings. The third-order valence-electron chi connectivity index (χ3n) is 5.42. The summed E-state index contributed by atoms with van der Waals surface area (Å²) in [5.41, 5.74) is 0.943. The Morgan fingerprint density at radius 3 is 2.89 bits per heavy atom. The molecular weight excluding hydrogens is 360 g/mol. The van der Waals surface area contributed by atoms with Crippen molar-refractivity contribution in [2.75, 3.05) is 33.3 Å². The zero-order valence-corrected chi connectivity index (χ0v) is 15.8. The average molecular weight is 384 g/mol. The van der Waals surface area contributed by atoms with Crippen LogP contribution in [-0.2, 0) is 11.3 Å². The highest BCUT2D eigenvalue weighted by Crippen LogP contribution is 2.26. The van der Waals surface area contributed by atoms with Gasteiger partial charge < -0.3 is 19.5 Å². The number of nitrogens with one attached hydrogen (secondary N) is 1. The van der Waals surface area contributed by atoms with Crippen LogP contribution in [0.25, 0.3) is 0 Å².